The number of carbonyl (C=O) groups is 1. The molecule has 0 saturated heterocycles. The van der Waals surface area contributed by atoms with Gasteiger partial charge in [-0.3, -0.25) is 9.89 Å². The van der Waals surface area contributed by atoms with Crippen molar-refractivity contribution in [1.82, 2.24) is 24.6 Å². The number of aryl methyl sites for hydroxylation is 1. The Bertz CT molecular complexity index is 1170. The van der Waals surface area contributed by atoms with Crippen molar-refractivity contribution in [2.24, 2.45) is 7.05 Å². The number of aromatic nitrogens is 4. The highest BCUT2D eigenvalue weighted by atomic mass is 16.2. The van der Waals surface area contributed by atoms with E-state index in [1.54, 1.807) is 30.3 Å². The second kappa shape index (κ2) is 6.60. The van der Waals surface area contributed by atoms with E-state index in [1.165, 1.54) is 5.39 Å². The molecule has 0 aliphatic carbocycles. The van der Waals surface area contributed by atoms with Gasteiger partial charge in [-0.1, -0.05) is 18.2 Å². The molecule has 3 aromatic heterocycles. The van der Waals surface area contributed by atoms with Gasteiger partial charge in [-0.05, 0) is 35.2 Å². The lowest BCUT2D eigenvalue weighted by atomic mass is 10.2. The fraction of sp³-hybridized carbons (Fsp3) is 0.150. The molecule has 7 heteroatoms. The summed E-state index contributed by atoms with van der Waals surface area (Å²) in [6, 6.07) is 12.1. The van der Waals surface area contributed by atoms with Gasteiger partial charge in [0.1, 0.15) is 0 Å². The summed E-state index contributed by atoms with van der Waals surface area (Å²) in [5.41, 5.74) is 9.45. The molecule has 1 aromatic carbocycles. The van der Waals surface area contributed by atoms with Crippen molar-refractivity contribution in [1.29, 1.82) is 0 Å². The predicted octanol–water partition coefficient (Wildman–Crippen LogP) is 2.70. The van der Waals surface area contributed by atoms with E-state index in [4.69, 9.17) is 5.73 Å². The van der Waals surface area contributed by atoms with Gasteiger partial charge in [-0.25, -0.2) is 4.98 Å². The van der Waals surface area contributed by atoms with Gasteiger partial charge in [-0.2, -0.15) is 5.10 Å². The summed E-state index contributed by atoms with van der Waals surface area (Å²) in [6.07, 6.45) is 4.95. The Kier molecular flexibility index (Phi) is 4.12. The van der Waals surface area contributed by atoms with Crippen LogP contribution in [-0.2, 0) is 18.4 Å². The van der Waals surface area contributed by atoms with Gasteiger partial charge in [0.05, 0.1) is 11.9 Å². The van der Waals surface area contributed by atoms with Crippen molar-refractivity contribution in [3.8, 4) is 0 Å². The molecular formula is C20H20N6O. The smallest absolute Gasteiger partial charge is 0.246 e. The van der Waals surface area contributed by atoms with Crippen LogP contribution in [0.15, 0.2) is 48.7 Å². The van der Waals surface area contributed by atoms with Crippen LogP contribution in [0.2, 0.25) is 0 Å². The molecule has 136 valence electrons. The number of pyridine rings is 1. The number of hydrogen-bond acceptors (Lipinski definition) is 4. The van der Waals surface area contributed by atoms with Gasteiger partial charge in [0.25, 0.3) is 0 Å². The van der Waals surface area contributed by atoms with Gasteiger partial charge < -0.3 is 15.2 Å². The van der Waals surface area contributed by atoms with Gasteiger partial charge in [-0.15, -0.1) is 0 Å². The molecule has 7 nitrogen and oxygen atoms in total. The van der Waals surface area contributed by atoms with Gasteiger partial charge >= 0.3 is 0 Å². The Morgan fingerprint density at radius 1 is 1.33 bits per heavy atom. The molecule has 0 saturated carbocycles. The van der Waals surface area contributed by atoms with Gasteiger partial charge in [0.2, 0.25) is 5.91 Å². The summed E-state index contributed by atoms with van der Waals surface area (Å²) in [5.74, 6) is 0.312. The first-order chi connectivity index (χ1) is 13.0. The lowest BCUT2D eigenvalue weighted by molar-refractivity contribution is -0.125. The van der Waals surface area contributed by atoms with E-state index in [9.17, 15) is 4.79 Å². The number of fused-ring (bicyclic) bond motifs is 2. The zero-order chi connectivity index (χ0) is 19.0. The minimum atomic E-state index is -0.0829. The standard InChI is InChI=1S/C20H20N6O/c1-25(12-15-10-14-5-3-4-6-17(14)26(15)2)18(27)8-7-13-9-16-19(21)23-24-20(16)22-11-13/h3-11H,12H2,1-2H3,(H3,21,22,23,24). The molecule has 4 aromatic rings. The number of hydrogen-bond donors (Lipinski definition) is 2. The van der Waals surface area contributed by atoms with Crippen molar-refractivity contribution in [3.05, 3.63) is 59.9 Å². The van der Waals surface area contributed by atoms with E-state index in [0.717, 1.165) is 22.2 Å². The van der Waals surface area contributed by atoms with E-state index in [2.05, 4.69) is 37.9 Å². The minimum absolute atomic E-state index is 0.0829. The minimum Gasteiger partial charge on any atom is -0.382 e. The summed E-state index contributed by atoms with van der Waals surface area (Å²) in [4.78, 5) is 18.4. The lowest BCUT2D eigenvalue weighted by Gasteiger charge is -2.15. The van der Waals surface area contributed by atoms with E-state index in [0.29, 0.717) is 18.0 Å². The van der Waals surface area contributed by atoms with Crippen molar-refractivity contribution >= 4 is 39.7 Å². The molecule has 0 bridgehead atoms. The van der Waals surface area contributed by atoms with E-state index in [-0.39, 0.29) is 5.91 Å². The normalized spacial score (nSPS) is 11.6. The number of carbonyl (C=O) groups excluding carboxylic acids is 1. The summed E-state index contributed by atoms with van der Waals surface area (Å²) in [5, 5.41) is 8.59. The van der Waals surface area contributed by atoms with Crippen LogP contribution in [0.25, 0.3) is 28.0 Å². The van der Waals surface area contributed by atoms with Crippen LogP contribution in [0.4, 0.5) is 5.82 Å². The number of benzene rings is 1. The number of nitrogen functional groups attached to an aromatic ring is 1. The zero-order valence-electron chi connectivity index (χ0n) is 15.2. The summed E-state index contributed by atoms with van der Waals surface area (Å²) >= 11 is 0. The number of likely N-dealkylation sites (N-methyl/N-ethyl adjacent to an activating group) is 1. The third kappa shape index (κ3) is 3.15. The number of aromatic amines is 1. The molecule has 1 amide bonds. The predicted molar refractivity (Wildman–Crippen MR) is 107 cm³/mol. The Morgan fingerprint density at radius 2 is 2.15 bits per heavy atom. The van der Waals surface area contributed by atoms with Crippen molar-refractivity contribution in [3.63, 3.8) is 0 Å². The number of nitrogens with two attached hydrogens (primary N) is 1. The fourth-order valence-corrected chi connectivity index (χ4v) is 3.14. The maximum atomic E-state index is 12.5. The number of H-pyrrole nitrogens is 1. The highest BCUT2D eigenvalue weighted by molar-refractivity contribution is 5.93. The first-order valence-electron chi connectivity index (χ1n) is 8.59. The molecule has 3 heterocycles. The van der Waals surface area contributed by atoms with Crippen molar-refractivity contribution in [2.75, 3.05) is 12.8 Å². The van der Waals surface area contributed by atoms with E-state index < -0.39 is 0 Å². The maximum absolute atomic E-state index is 12.5. The van der Waals surface area contributed by atoms with E-state index >= 15 is 0 Å². The van der Waals surface area contributed by atoms with E-state index in [1.807, 2.05) is 25.2 Å². The molecule has 0 fully saturated rings. The number of anilines is 1. The molecule has 0 unspecified atom stereocenters. The van der Waals surface area contributed by atoms with Gasteiger partial charge in [0.15, 0.2) is 11.5 Å². The molecular weight excluding hydrogens is 340 g/mol. The monoisotopic (exact) mass is 360 g/mol. The largest absolute Gasteiger partial charge is 0.382 e. The van der Waals surface area contributed by atoms with Crippen molar-refractivity contribution in [2.45, 2.75) is 6.54 Å². The topological polar surface area (TPSA) is 92.8 Å². The summed E-state index contributed by atoms with van der Waals surface area (Å²) in [6.45, 7) is 0.528. The fourth-order valence-electron chi connectivity index (χ4n) is 3.14. The van der Waals surface area contributed by atoms with Crippen LogP contribution in [0.1, 0.15) is 11.3 Å². The molecule has 0 spiro atoms. The molecule has 0 atom stereocenters. The Balaban J connectivity index is 1.50. The SMILES string of the molecule is CN(Cc1cc2ccccc2n1C)C(=O)C=Cc1cnc2[nH]nc(N)c2c1. The van der Waals surface area contributed by atoms with Crippen LogP contribution in [-0.4, -0.2) is 37.6 Å². The lowest BCUT2D eigenvalue weighted by Crippen LogP contribution is -2.25. The van der Waals surface area contributed by atoms with Crippen LogP contribution < -0.4 is 5.73 Å². The quantitative estimate of drug-likeness (QED) is 0.547. The first kappa shape index (κ1) is 16.8. The Hall–Kier alpha value is -3.61. The summed E-state index contributed by atoms with van der Waals surface area (Å²) in [7, 11) is 3.81. The van der Waals surface area contributed by atoms with Crippen LogP contribution >= 0.6 is 0 Å². The highest BCUT2D eigenvalue weighted by Crippen LogP contribution is 2.20. The average molecular weight is 360 g/mol. The molecule has 0 aliphatic rings. The average Bonchev–Trinajstić information content (AvgIpc) is 3.20. The third-order valence-electron chi connectivity index (χ3n) is 4.71. The van der Waals surface area contributed by atoms with Gasteiger partial charge in [0, 0.05) is 37.6 Å². The second-order valence-electron chi connectivity index (χ2n) is 6.55. The summed E-state index contributed by atoms with van der Waals surface area (Å²) < 4.78 is 2.11. The molecule has 27 heavy (non-hydrogen) atoms. The maximum Gasteiger partial charge on any atom is 0.246 e. The molecule has 0 radical (unpaired) electrons. The molecule has 0 aliphatic heterocycles. The number of rotatable bonds is 4. The zero-order valence-corrected chi connectivity index (χ0v) is 15.2. The first-order valence-corrected chi connectivity index (χ1v) is 8.59. The molecule has 4 rings (SSSR count). The number of nitrogens with one attached hydrogen (secondary N) is 1. The number of nitrogens with zero attached hydrogens (tertiary/aromatic N) is 4. The van der Waals surface area contributed by atoms with Crippen molar-refractivity contribution < 1.29 is 4.79 Å². The Morgan fingerprint density at radius 3 is 2.96 bits per heavy atom. The van der Waals surface area contributed by atoms with Crippen LogP contribution in [0, 0.1) is 0 Å². The van der Waals surface area contributed by atoms with Crippen LogP contribution in [0.3, 0.4) is 0 Å². The Labute approximate surface area is 156 Å². The second-order valence-corrected chi connectivity index (χ2v) is 6.55. The molecule has 3 N–H and O–H groups in total. The number of amides is 1. The number of para-hydroxylation sites is 1. The third-order valence-corrected chi connectivity index (χ3v) is 4.71. The van der Waals surface area contributed by atoms with Crippen LogP contribution in [0.5, 0.6) is 0 Å². The highest BCUT2D eigenvalue weighted by Gasteiger charge is 2.11.